The van der Waals surface area contributed by atoms with E-state index < -0.39 is 15.6 Å². The molecule has 1 atom stereocenters. The zero-order valence-electron chi connectivity index (χ0n) is 21.3. The lowest BCUT2D eigenvalue weighted by Gasteiger charge is -2.41. The summed E-state index contributed by atoms with van der Waals surface area (Å²) < 4.78 is 31.4. The van der Waals surface area contributed by atoms with Gasteiger partial charge in [-0.25, -0.2) is 18.1 Å². The number of nitrogens with zero attached hydrogens (tertiary/aromatic N) is 7. The van der Waals surface area contributed by atoms with E-state index in [1.54, 1.807) is 35.0 Å². The van der Waals surface area contributed by atoms with Crippen LogP contribution in [0.5, 0.6) is 0 Å². The summed E-state index contributed by atoms with van der Waals surface area (Å²) in [5, 5.41) is 17.1. The van der Waals surface area contributed by atoms with Gasteiger partial charge in [-0.15, -0.1) is 10.2 Å². The fraction of sp³-hybridized carbons (Fsp3) is 0.480. The van der Waals surface area contributed by atoms with Gasteiger partial charge in [-0.1, -0.05) is 13.8 Å². The Hall–Kier alpha value is -3.56. The summed E-state index contributed by atoms with van der Waals surface area (Å²) in [5.74, 6) is 0.0189. The predicted octanol–water partition coefficient (Wildman–Crippen LogP) is 2.19. The predicted molar refractivity (Wildman–Crippen MR) is 137 cm³/mol. The minimum atomic E-state index is -3.81. The Morgan fingerprint density at radius 3 is 2.59 bits per heavy atom. The fourth-order valence-electron chi connectivity index (χ4n) is 4.65. The molecule has 1 saturated heterocycles. The van der Waals surface area contributed by atoms with Gasteiger partial charge in [-0.2, -0.15) is 5.26 Å². The number of hydrogen-bond donors (Lipinski definition) is 1. The Morgan fingerprint density at radius 1 is 1.24 bits per heavy atom. The molecule has 11 nitrogen and oxygen atoms in total. The number of carbonyl (C=O) groups is 1. The van der Waals surface area contributed by atoms with Crippen molar-refractivity contribution in [1.29, 1.82) is 5.26 Å². The normalized spacial score (nSPS) is 19.3. The maximum Gasteiger partial charge on any atom is 0.242 e. The van der Waals surface area contributed by atoms with Crippen molar-refractivity contribution in [1.82, 2.24) is 29.2 Å². The van der Waals surface area contributed by atoms with Crippen LogP contribution in [0.1, 0.15) is 46.2 Å². The third-order valence-electron chi connectivity index (χ3n) is 7.04. The summed E-state index contributed by atoms with van der Waals surface area (Å²) in [6.45, 7) is 9.31. The van der Waals surface area contributed by atoms with Gasteiger partial charge in [0.15, 0.2) is 11.3 Å². The molecular formula is C25H30N8O3S. The van der Waals surface area contributed by atoms with Gasteiger partial charge in [-0.3, -0.25) is 9.20 Å². The molecule has 5 rings (SSSR count). The Kier molecular flexibility index (Phi) is 6.16. The van der Waals surface area contributed by atoms with E-state index in [4.69, 9.17) is 5.26 Å². The fourth-order valence-corrected chi connectivity index (χ4v) is 6.13. The maximum absolute atomic E-state index is 13.4. The van der Waals surface area contributed by atoms with Crippen LogP contribution in [-0.4, -0.2) is 70.0 Å². The minimum Gasteiger partial charge on any atom is -0.365 e. The van der Waals surface area contributed by atoms with Crippen molar-refractivity contribution in [2.75, 3.05) is 24.5 Å². The van der Waals surface area contributed by atoms with Gasteiger partial charge in [0.25, 0.3) is 0 Å². The number of imidazole rings is 1. The molecule has 1 amide bonds. The van der Waals surface area contributed by atoms with Crippen molar-refractivity contribution < 1.29 is 13.2 Å². The van der Waals surface area contributed by atoms with Gasteiger partial charge in [0.05, 0.1) is 17.6 Å². The van der Waals surface area contributed by atoms with Crippen LogP contribution >= 0.6 is 0 Å². The van der Waals surface area contributed by atoms with Gasteiger partial charge < -0.3 is 9.80 Å². The lowest BCUT2D eigenvalue weighted by molar-refractivity contribution is -0.136. The van der Waals surface area contributed by atoms with Crippen LogP contribution in [-0.2, 0) is 14.8 Å². The van der Waals surface area contributed by atoms with Crippen LogP contribution in [0.4, 0.5) is 5.69 Å². The molecule has 3 aromatic heterocycles. The van der Waals surface area contributed by atoms with Crippen LogP contribution < -0.4 is 9.62 Å². The standard InChI is InChI=1S/C25H30N8O3S/c1-16(2)24(34)32-10-9-31(14-17(32)3)21-11-19(37(35,36)30-25(4)7-8-25)15-33-22(13-27-23(21)33)20-6-5-18(12-26)28-29-20/h5-6,11,13,15-17,30H,7-10,14H2,1-4H3/t17-/m1/s1. The van der Waals surface area contributed by atoms with Crippen LogP contribution in [0.2, 0.25) is 0 Å². The smallest absolute Gasteiger partial charge is 0.242 e. The lowest BCUT2D eigenvalue weighted by Crippen LogP contribution is -2.55. The monoisotopic (exact) mass is 522 g/mol. The number of amides is 1. The van der Waals surface area contributed by atoms with E-state index in [1.165, 1.54) is 0 Å². The molecule has 1 aliphatic heterocycles. The lowest BCUT2D eigenvalue weighted by atomic mass is 10.1. The molecule has 0 aromatic carbocycles. The first-order valence-corrected chi connectivity index (χ1v) is 13.8. The van der Waals surface area contributed by atoms with Crippen molar-refractivity contribution in [3.63, 3.8) is 0 Å². The van der Waals surface area contributed by atoms with Gasteiger partial charge in [0, 0.05) is 43.3 Å². The molecule has 0 bridgehead atoms. The third-order valence-corrected chi connectivity index (χ3v) is 8.64. The Morgan fingerprint density at radius 2 is 2.00 bits per heavy atom. The molecule has 194 valence electrons. The number of nitriles is 1. The minimum absolute atomic E-state index is 0.0497. The quantitative estimate of drug-likeness (QED) is 0.520. The number of nitrogens with one attached hydrogen (secondary N) is 1. The second kappa shape index (κ2) is 9.08. The number of rotatable bonds is 6. The average Bonchev–Trinajstić information content (AvgIpc) is 3.42. The zero-order chi connectivity index (χ0) is 26.5. The molecule has 1 aliphatic carbocycles. The SMILES string of the molecule is CC(C)C(=O)N1CCN(c2cc(S(=O)(=O)NC3(C)CC3)cn3c(-c4ccc(C#N)nn4)cnc23)C[C@H]1C. The highest BCUT2D eigenvalue weighted by Crippen LogP contribution is 2.37. The molecule has 0 unspecified atom stereocenters. The number of pyridine rings is 1. The molecule has 12 heteroatoms. The van der Waals surface area contributed by atoms with Crippen LogP contribution in [0.3, 0.4) is 0 Å². The van der Waals surface area contributed by atoms with E-state index in [0.29, 0.717) is 42.4 Å². The summed E-state index contributed by atoms with van der Waals surface area (Å²) in [4.78, 5) is 21.4. The number of sulfonamides is 1. The molecule has 2 aliphatic rings. The first-order chi connectivity index (χ1) is 17.5. The van der Waals surface area contributed by atoms with Crippen LogP contribution in [0.25, 0.3) is 17.0 Å². The first kappa shape index (κ1) is 25.1. The zero-order valence-corrected chi connectivity index (χ0v) is 22.2. The molecule has 0 spiro atoms. The highest BCUT2D eigenvalue weighted by atomic mass is 32.2. The van der Waals surface area contributed by atoms with Crippen molar-refractivity contribution in [3.05, 3.63) is 36.3 Å². The Labute approximate surface area is 216 Å². The molecule has 3 aromatic rings. The summed E-state index contributed by atoms with van der Waals surface area (Å²) in [6, 6.07) is 6.79. The van der Waals surface area contributed by atoms with Gasteiger partial charge in [0.2, 0.25) is 15.9 Å². The molecular weight excluding hydrogens is 492 g/mol. The molecule has 2 fully saturated rings. The number of hydrogen-bond acceptors (Lipinski definition) is 8. The summed E-state index contributed by atoms with van der Waals surface area (Å²) >= 11 is 0. The largest absolute Gasteiger partial charge is 0.365 e. The molecule has 1 N–H and O–H groups in total. The van der Waals surface area contributed by atoms with Gasteiger partial charge in [-0.05, 0) is 44.9 Å². The van der Waals surface area contributed by atoms with Crippen molar-refractivity contribution >= 4 is 27.3 Å². The highest BCUT2D eigenvalue weighted by Gasteiger charge is 2.41. The number of carbonyl (C=O) groups excluding carboxylic acids is 1. The summed E-state index contributed by atoms with van der Waals surface area (Å²) in [7, 11) is -3.81. The van der Waals surface area contributed by atoms with Crippen molar-refractivity contribution in [2.24, 2.45) is 5.92 Å². The molecule has 37 heavy (non-hydrogen) atoms. The summed E-state index contributed by atoms with van der Waals surface area (Å²) in [6.07, 6.45) is 4.77. The molecule has 1 saturated carbocycles. The van der Waals surface area contributed by atoms with Gasteiger partial charge >= 0.3 is 0 Å². The Balaban J connectivity index is 1.59. The number of piperazine rings is 1. The van der Waals surface area contributed by atoms with E-state index in [-0.39, 0.29) is 28.5 Å². The van der Waals surface area contributed by atoms with Crippen molar-refractivity contribution in [2.45, 2.75) is 57.0 Å². The third kappa shape index (κ3) is 4.76. The number of fused-ring (bicyclic) bond motifs is 1. The van der Waals surface area contributed by atoms with Gasteiger partial charge in [0.1, 0.15) is 16.7 Å². The highest BCUT2D eigenvalue weighted by molar-refractivity contribution is 7.89. The first-order valence-electron chi connectivity index (χ1n) is 12.4. The average molecular weight is 523 g/mol. The summed E-state index contributed by atoms with van der Waals surface area (Å²) in [5.41, 5.74) is 2.03. The molecule has 0 radical (unpaired) electrons. The second-order valence-electron chi connectivity index (χ2n) is 10.5. The van der Waals surface area contributed by atoms with Crippen LogP contribution in [0, 0.1) is 17.2 Å². The number of anilines is 1. The van der Waals surface area contributed by atoms with Crippen molar-refractivity contribution in [3.8, 4) is 17.5 Å². The van der Waals surface area contributed by atoms with E-state index in [1.807, 2.05) is 38.7 Å². The van der Waals surface area contributed by atoms with Crippen LogP contribution in [0.15, 0.2) is 35.5 Å². The van der Waals surface area contributed by atoms with E-state index in [2.05, 4.69) is 24.8 Å². The topological polar surface area (TPSA) is 137 Å². The van der Waals surface area contributed by atoms with E-state index in [9.17, 15) is 13.2 Å². The van der Waals surface area contributed by atoms with E-state index >= 15 is 0 Å². The Bertz CT molecular complexity index is 1500. The second-order valence-corrected chi connectivity index (χ2v) is 12.1. The molecule has 4 heterocycles. The van der Waals surface area contributed by atoms with E-state index in [0.717, 1.165) is 12.8 Å². The number of aromatic nitrogens is 4. The maximum atomic E-state index is 13.4.